The summed E-state index contributed by atoms with van der Waals surface area (Å²) >= 11 is 0. The van der Waals surface area contributed by atoms with E-state index in [0.29, 0.717) is 6.42 Å². The molecule has 2 N–H and O–H groups in total. The van der Waals surface area contributed by atoms with Crippen LogP contribution in [0.15, 0.2) is 0 Å². The average Bonchev–Trinajstić information content (AvgIpc) is 2.11. The van der Waals surface area contributed by atoms with E-state index in [1.807, 2.05) is 6.92 Å². The van der Waals surface area contributed by atoms with E-state index in [-0.39, 0.29) is 13.2 Å². The van der Waals surface area contributed by atoms with E-state index in [4.69, 9.17) is 9.79 Å². The Morgan fingerprint density at radius 2 is 1.50 bits per heavy atom. The monoisotopic (exact) mass is 246 g/mol. The van der Waals surface area contributed by atoms with Gasteiger partial charge in [-0.2, -0.15) is 0 Å². The van der Waals surface area contributed by atoms with Gasteiger partial charge in [-0.3, -0.25) is 9.13 Å². The van der Waals surface area contributed by atoms with Crippen molar-refractivity contribution in [2.24, 2.45) is 5.41 Å². The van der Waals surface area contributed by atoms with Gasteiger partial charge >= 0.3 is 16.5 Å². The van der Waals surface area contributed by atoms with Gasteiger partial charge in [-0.25, -0.2) is 0 Å². The zero-order valence-electron chi connectivity index (χ0n) is 8.15. The third-order valence-corrected chi connectivity index (χ3v) is 2.72. The Balaban J connectivity index is 4.03. The minimum absolute atomic E-state index is 0.0347. The second kappa shape index (κ2) is 6.72. The van der Waals surface area contributed by atoms with E-state index in [1.54, 1.807) is 6.92 Å². The van der Waals surface area contributed by atoms with Gasteiger partial charge in [0.15, 0.2) is 0 Å². The predicted octanol–water partition coefficient (Wildman–Crippen LogP) is 1.20. The minimum atomic E-state index is -2.95. The molecule has 0 aliphatic rings. The van der Waals surface area contributed by atoms with Crippen LogP contribution in [0.3, 0.4) is 0 Å². The molecule has 14 heavy (non-hydrogen) atoms. The highest BCUT2D eigenvalue weighted by atomic mass is 31.1. The number of hydrogen-bond acceptors (Lipinski definition) is 4. The van der Waals surface area contributed by atoms with E-state index >= 15 is 0 Å². The van der Waals surface area contributed by atoms with Crippen LogP contribution in [0.25, 0.3) is 0 Å². The van der Waals surface area contributed by atoms with Crippen molar-refractivity contribution in [3.63, 3.8) is 0 Å². The first-order valence-corrected chi connectivity index (χ1v) is 6.64. The van der Waals surface area contributed by atoms with Crippen LogP contribution in [0.4, 0.5) is 0 Å². The van der Waals surface area contributed by atoms with Gasteiger partial charge in [0.05, 0.1) is 13.2 Å². The Morgan fingerprint density at radius 3 is 1.71 bits per heavy atom. The second-order valence-corrected chi connectivity index (χ2v) is 4.91. The van der Waals surface area contributed by atoms with Gasteiger partial charge in [0.1, 0.15) is 0 Å². The molecule has 86 valence electrons. The van der Waals surface area contributed by atoms with Crippen molar-refractivity contribution in [2.75, 3.05) is 13.2 Å². The van der Waals surface area contributed by atoms with E-state index in [0.717, 1.165) is 0 Å². The van der Waals surface area contributed by atoms with Gasteiger partial charge in [-0.15, -0.1) is 0 Å². The van der Waals surface area contributed by atoms with Gasteiger partial charge in [0, 0.05) is 5.41 Å². The van der Waals surface area contributed by atoms with Crippen LogP contribution >= 0.6 is 16.5 Å². The standard InChI is InChI=1S/C6H16O6P2/c1-3-6(2,4-11-13(7)8)5-12-14(9)10/h13-14H,3-5H2,1-2H3,(H,7,8)(H,9,10). The van der Waals surface area contributed by atoms with E-state index in [9.17, 15) is 9.13 Å². The van der Waals surface area contributed by atoms with Gasteiger partial charge in [-0.05, 0) is 6.42 Å². The molecule has 0 heterocycles. The van der Waals surface area contributed by atoms with Crippen LogP contribution < -0.4 is 0 Å². The highest BCUT2D eigenvalue weighted by Gasteiger charge is 2.24. The van der Waals surface area contributed by atoms with Gasteiger partial charge in [0.25, 0.3) is 0 Å². The van der Waals surface area contributed by atoms with Gasteiger partial charge in [0.2, 0.25) is 0 Å². The van der Waals surface area contributed by atoms with E-state index in [1.165, 1.54) is 0 Å². The highest BCUT2D eigenvalue weighted by molar-refractivity contribution is 7.32. The lowest BCUT2D eigenvalue weighted by Gasteiger charge is -2.26. The van der Waals surface area contributed by atoms with Crippen LogP contribution in [-0.2, 0) is 18.2 Å². The first-order chi connectivity index (χ1) is 6.39. The molecule has 0 spiro atoms. The Hall–Kier alpha value is 0.300. The fourth-order valence-corrected chi connectivity index (χ4v) is 1.66. The summed E-state index contributed by atoms with van der Waals surface area (Å²) in [4.78, 5) is 16.9. The van der Waals surface area contributed by atoms with Gasteiger partial charge < -0.3 is 18.8 Å². The fourth-order valence-electron chi connectivity index (χ4n) is 0.718. The Labute approximate surface area is 84.1 Å². The van der Waals surface area contributed by atoms with E-state index < -0.39 is 21.9 Å². The van der Waals surface area contributed by atoms with Crippen molar-refractivity contribution in [3.05, 3.63) is 0 Å². The van der Waals surface area contributed by atoms with Crippen LogP contribution in [0.1, 0.15) is 20.3 Å². The molecule has 0 amide bonds. The summed E-state index contributed by atoms with van der Waals surface area (Å²) in [5.74, 6) is 0. The molecule has 0 aliphatic heterocycles. The molecule has 0 aromatic carbocycles. The summed E-state index contributed by atoms with van der Waals surface area (Å²) < 4.78 is 29.8. The molecule has 0 rings (SSSR count). The summed E-state index contributed by atoms with van der Waals surface area (Å²) in [6.45, 7) is 3.67. The van der Waals surface area contributed by atoms with Crippen molar-refractivity contribution in [1.29, 1.82) is 0 Å². The normalized spacial score (nSPS) is 20.0. The van der Waals surface area contributed by atoms with Crippen LogP contribution in [0.5, 0.6) is 0 Å². The van der Waals surface area contributed by atoms with Crippen molar-refractivity contribution in [2.45, 2.75) is 20.3 Å². The average molecular weight is 246 g/mol. The summed E-state index contributed by atoms with van der Waals surface area (Å²) in [6.07, 6.45) is 0.622. The molecule has 2 atom stereocenters. The molecule has 0 saturated carbocycles. The summed E-state index contributed by atoms with van der Waals surface area (Å²) in [6, 6.07) is 0. The zero-order valence-corrected chi connectivity index (χ0v) is 10.1. The first-order valence-electron chi connectivity index (χ1n) is 4.11. The van der Waals surface area contributed by atoms with Crippen LogP contribution in [0, 0.1) is 5.41 Å². The second-order valence-electron chi connectivity index (χ2n) is 3.27. The lowest BCUT2D eigenvalue weighted by atomic mass is 9.90. The lowest BCUT2D eigenvalue weighted by Crippen LogP contribution is -2.26. The maximum atomic E-state index is 10.3. The molecule has 0 bridgehead atoms. The van der Waals surface area contributed by atoms with Gasteiger partial charge in [-0.1, -0.05) is 13.8 Å². The highest BCUT2D eigenvalue weighted by Crippen LogP contribution is 2.30. The molecule has 0 aromatic heterocycles. The number of hydrogen-bond donors (Lipinski definition) is 2. The zero-order chi connectivity index (χ0) is 11.2. The fraction of sp³-hybridized carbons (Fsp3) is 1.00. The maximum Gasteiger partial charge on any atom is 0.316 e. The summed E-state index contributed by atoms with van der Waals surface area (Å²) in [5, 5.41) is 0. The Bertz CT molecular complexity index is 200. The van der Waals surface area contributed by atoms with Crippen molar-refractivity contribution in [1.82, 2.24) is 0 Å². The molecular formula is C6H16O6P2. The molecule has 0 fully saturated rings. The summed E-state index contributed by atoms with van der Waals surface area (Å²) in [7, 11) is -5.91. The number of rotatable bonds is 7. The SMILES string of the molecule is CCC(C)(CO[PH](=O)O)CO[PH](=O)O. The smallest absolute Gasteiger partial charge is 0.316 e. The topological polar surface area (TPSA) is 93.1 Å². The Kier molecular flexibility index (Phi) is 6.87. The van der Waals surface area contributed by atoms with Crippen LogP contribution in [-0.4, -0.2) is 23.0 Å². The molecule has 0 aliphatic carbocycles. The third kappa shape index (κ3) is 6.71. The first kappa shape index (κ1) is 14.3. The van der Waals surface area contributed by atoms with E-state index in [2.05, 4.69) is 9.05 Å². The Morgan fingerprint density at radius 1 is 1.14 bits per heavy atom. The molecule has 8 heteroatoms. The summed E-state index contributed by atoms with van der Waals surface area (Å²) in [5.41, 5.74) is -0.508. The molecular weight excluding hydrogens is 230 g/mol. The molecule has 0 aromatic rings. The third-order valence-electron chi connectivity index (χ3n) is 1.94. The van der Waals surface area contributed by atoms with Crippen molar-refractivity contribution < 1.29 is 28.0 Å². The lowest BCUT2D eigenvalue weighted by molar-refractivity contribution is 0.0865. The van der Waals surface area contributed by atoms with Crippen molar-refractivity contribution >= 4 is 16.5 Å². The molecule has 0 radical (unpaired) electrons. The largest absolute Gasteiger partial charge is 0.326 e. The van der Waals surface area contributed by atoms with Crippen molar-refractivity contribution in [3.8, 4) is 0 Å². The molecule has 6 nitrogen and oxygen atoms in total. The quantitative estimate of drug-likeness (QED) is 0.655. The minimum Gasteiger partial charge on any atom is -0.326 e. The molecule has 2 unspecified atom stereocenters. The maximum absolute atomic E-state index is 10.3. The predicted molar refractivity (Wildman–Crippen MR) is 52.7 cm³/mol. The van der Waals surface area contributed by atoms with Crippen LogP contribution in [0.2, 0.25) is 0 Å². The molecule has 0 saturated heterocycles.